The average Bonchev–Trinajstić information content (AvgIpc) is 2.36. The molecule has 1 aromatic rings. The van der Waals surface area contributed by atoms with Crippen molar-refractivity contribution in [1.29, 1.82) is 0 Å². The fourth-order valence-corrected chi connectivity index (χ4v) is 1.70. The first-order valence-corrected chi connectivity index (χ1v) is 5.20. The van der Waals surface area contributed by atoms with Crippen LogP contribution < -0.4 is 0 Å². The molecule has 1 heterocycles. The number of hydrogen-bond acceptors (Lipinski definition) is 2. The van der Waals surface area contributed by atoms with Crippen LogP contribution in [0.5, 0.6) is 0 Å². The molecule has 0 aliphatic rings. The maximum Gasteiger partial charge on any atom is 0.126 e. The van der Waals surface area contributed by atoms with Gasteiger partial charge in [0.05, 0.1) is 6.20 Å². The maximum absolute atomic E-state index is 5.68. The zero-order valence-electron chi connectivity index (χ0n) is 6.91. The molecule has 0 spiro atoms. The van der Waals surface area contributed by atoms with Crippen LogP contribution in [-0.4, -0.2) is 22.0 Å². The molecule has 1 unspecified atom stereocenters. The van der Waals surface area contributed by atoms with Gasteiger partial charge in [-0.25, -0.2) is 4.98 Å². The van der Waals surface area contributed by atoms with Crippen molar-refractivity contribution in [3.8, 4) is 0 Å². The van der Waals surface area contributed by atoms with E-state index in [0.29, 0.717) is 11.1 Å². The second-order valence-corrected chi connectivity index (χ2v) is 3.79. The van der Waals surface area contributed by atoms with Crippen molar-refractivity contribution in [1.82, 2.24) is 9.97 Å². The third-order valence-corrected chi connectivity index (χ3v) is 2.47. The van der Waals surface area contributed by atoms with E-state index in [1.54, 1.807) is 6.20 Å². The van der Waals surface area contributed by atoms with Crippen molar-refractivity contribution in [2.24, 2.45) is 0 Å². The smallest absolute Gasteiger partial charge is 0.126 e. The fourth-order valence-electron chi connectivity index (χ4n) is 0.892. The Morgan fingerprint density at radius 1 is 1.75 bits per heavy atom. The summed E-state index contributed by atoms with van der Waals surface area (Å²) in [6, 6.07) is 0. The van der Waals surface area contributed by atoms with Gasteiger partial charge in [0, 0.05) is 32.7 Å². The third-order valence-electron chi connectivity index (χ3n) is 1.45. The molecule has 0 aliphatic heterocycles. The molecule has 1 rings (SSSR count). The number of nitrogens with one attached hydrogen (secondary N) is 1. The molecule has 0 fully saturated rings. The second-order valence-electron chi connectivity index (χ2n) is 2.47. The van der Waals surface area contributed by atoms with Crippen LogP contribution in [0.1, 0.15) is 18.7 Å². The van der Waals surface area contributed by atoms with Crippen LogP contribution in [0.15, 0.2) is 6.20 Å². The molecule has 0 aliphatic carbocycles. The minimum absolute atomic E-state index is 0. The summed E-state index contributed by atoms with van der Waals surface area (Å²) in [7, 11) is 0. The van der Waals surface area contributed by atoms with E-state index in [-0.39, 0.29) is 21.1 Å². The summed E-state index contributed by atoms with van der Waals surface area (Å²) in [6.45, 7) is 2.13. The zero-order chi connectivity index (χ0) is 8.27. The molecule has 0 amide bonds. The standard InChI is InChI=1S/C7H11ClN2S.Pt/c1-5(4-11-2)7-9-3-6(8)10-7;/h3,5H,4H2,1-2H3,(H,9,10);. The summed E-state index contributed by atoms with van der Waals surface area (Å²) >= 11 is 7.49. The van der Waals surface area contributed by atoms with Crippen molar-refractivity contribution in [2.75, 3.05) is 12.0 Å². The van der Waals surface area contributed by atoms with Crippen molar-refractivity contribution < 1.29 is 21.1 Å². The molecule has 0 bridgehead atoms. The number of rotatable bonds is 3. The number of hydrogen-bond donors (Lipinski definition) is 1. The molecular weight excluding hydrogens is 375 g/mol. The molecule has 72 valence electrons. The Kier molecular flexibility index (Phi) is 6.33. The van der Waals surface area contributed by atoms with Gasteiger partial charge < -0.3 is 4.98 Å². The summed E-state index contributed by atoms with van der Waals surface area (Å²) in [5.41, 5.74) is 0. The molecule has 1 atom stereocenters. The van der Waals surface area contributed by atoms with Gasteiger partial charge in [-0.3, -0.25) is 0 Å². The molecule has 5 heteroatoms. The molecule has 0 radical (unpaired) electrons. The van der Waals surface area contributed by atoms with E-state index in [1.165, 1.54) is 0 Å². The molecule has 2 nitrogen and oxygen atoms in total. The normalized spacial score (nSPS) is 12.2. The average molecular weight is 386 g/mol. The molecular formula is C7H11ClN2PtS. The van der Waals surface area contributed by atoms with E-state index < -0.39 is 0 Å². The summed E-state index contributed by atoms with van der Waals surface area (Å²) in [6.07, 6.45) is 3.73. The quantitative estimate of drug-likeness (QED) is 0.866. The Labute approximate surface area is 96.1 Å². The Balaban J connectivity index is 0.00000121. The number of aromatic amines is 1. The van der Waals surface area contributed by atoms with Gasteiger partial charge in [0.2, 0.25) is 0 Å². The van der Waals surface area contributed by atoms with E-state index in [1.807, 2.05) is 11.8 Å². The fraction of sp³-hybridized carbons (Fsp3) is 0.571. The van der Waals surface area contributed by atoms with E-state index in [0.717, 1.165) is 11.6 Å². The first-order chi connectivity index (χ1) is 5.24. The second kappa shape index (κ2) is 6.06. The van der Waals surface area contributed by atoms with Crippen LogP contribution in [0, 0.1) is 0 Å². The topological polar surface area (TPSA) is 28.7 Å². The van der Waals surface area contributed by atoms with Crippen LogP contribution in [0.4, 0.5) is 0 Å². The predicted octanol–water partition coefficient (Wildman–Crippen LogP) is 2.53. The van der Waals surface area contributed by atoms with Crippen molar-refractivity contribution in [3.05, 3.63) is 17.2 Å². The van der Waals surface area contributed by atoms with Crippen LogP contribution in [-0.2, 0) is 21.1 Å². The van der Waals surface area contributed by atoms with E-state index >= 15 is 0 Å². The molecule has 0 saturated carbocycles. The summed E-state index contributed by atoms with van der Waals surface area (Å²) in [5, 5.41) is 0.618. The van der Waals surface area contributed by atoms with Crippen molar-refractivity contribution in [2.45, 2.75) is 12.8 Å². The number of thioether (sulfide) groups is 1. The van der Waals surface area contributed by atoms with Gasteiger partial charge in [0.25, 0.3) is 0 Å². The van der Waals surface area contributed by atoms with Gasteiger partial charge in [-0.1, -0.05) is 18.5 Å². The van der Waals surface area contributed by atoms with Gasteiger partial charge in [-0.2, -0.15) is 11.8 Å². The van der Waals surface area contributed by atoms with Crippen LogP contribution >= 0.6 is 23.4 Å². The van der Waals surface area contributed by atoms with Gasteiger partial charge in [-0.15, -0.1) is 0 Å². The van der Waals surface area contributed by atoms with Crippen LogP contribution in [0.3, 0.4) is 0 Å². The van der Waals surface area contributed by atoms with Gasteiger partial charge in [0.15, 0.2) is 0 Å². The summed E-state index contributed by atoms with van der Waals surface area (Å²) in [5.74, 6) is 2.51. The largest absolute Gasteiger partial charge is 0.333 e. The first-order valence-electron chi connectivity index (χ1n) is 3.43. The number of aromatic nitrogens is 2. The zero-order valence-corrected chi connectivity index (χ0v) is 10.8. The SMILES string of the molecule is CSCC(C)c1ncc(Cl)[nH]1.[Pt]. The van der Waals surface area contributed by atoms with Gasteiger partial charge in [0.1, 0.15) is 11.0 Å². The Bertz CT molecular complexity index is 229. The van der Waals surface area contributed by atoms with Crippen molar-refractivity contribution >= 4 is 23.4 Å². The Hall–Kier alpha value is 0.538. The van der Waals surface area contributed by atoms with Gasteiger partial charge >= 0.3 is 0 Å². The molecule has 1 N–H and O–H groups in total. The van der Waals surface area contributed by atoms with E-state index in [4.69, 9.17) is 11.6 Å². The van der Waals surface area contributed by atoms with E-state index in [9.17, 15) is 0 Å². The van der Waals surface area contributed by atoms with Crippen LogP contribution in [0.25, 0.3) is 0 Å². The summed E-state index contributed by atoms with van der Waals surface area (Å²) < 4.78 is 0. The molecule has 12 heavy (non-hydrogen) atoms. The maximum atomic E-state index is 5.68. The Morgan fingerprint density at radius 3 is 2.83 bits per heavy atom. The number of imidazole rings is 1. The third kappa shape index (κ3) is 3.51. The number of halogens is 1. The van der Waals surface area contributed by atoms with Gasteiger partial charge in [-0.05, 0) is 6.26 Å². The minimum atomic E-state index is 0. The van der Waals surface area contributed by atoms with E-state index in [2.05, 4.69) is 23.1 Å². The first kappa shape index (κ1) is 12.5. The number of H-pyrrole nitrogens is 1. The van der Waals surface area contributed by atoms with Crippen LogP contribution in [0.2, 0.25) is 5.15 Å². The molecule has 0 saturated heterocycles. The number of nitrogens with zero attached hydrogens (tertiary/aromatic N) is 1. The monoisotopic (exact) mass is 385 g/mol. The minimum Gasteiger partial charge on any atom is -0.333 e. The van der Waals surface area contributed by atoms with Crippen molar-refractivity contribution in [3.63, 3.8) is 0 Å². The molecule has 0 aromatic carbocycles. The molecule has 1 aromatic heterocycles. The predicted molar refractivity (Wildman–Crippen MR) is 50.4 cm³/mol. The Morgan fingerprint density at radius 2 is 2.42 bits per heavy atom. The summed E-state index contributed by atoms with van der Waals surface area (Å²) in [4.78, 5) is 7.14.